The van der Waals surface area contributed by atoms with Crippen molar-refractivity contribution in [3.05, 3.63) is 29.8 Å². The Kier molecular flexibility index (Phi) is 7.44. The highest BCUT2D eigenvalue weighted by atomic mass is 16.5. The number of carbonyl (C=O) groups excluding carboxylic acids is 1. The number of hydrogen-bond acceptors (Lipinski definition) is 6. The summed E-state index contributed by atoms with van der Waals surface area (Å²) in [7, 11) is 0. The van der Waals surface area contributed by atoms with Crippen LogP contribution >= 0.6 is 0 Å². The third kappa shape index (κ3) is 5.97. The van der Waals surface area contributed by atoms with Crippen LogP contribution in [0.5, 0.6) is 5.75 Å². The molecule has 2 atom stereocenters. The van der Waals surface area contributed by atoms with E-state index in [1.807, 2.05) is 17.0 Å². The molecule has 0 spiro atoms. The van der Waals surface area contributed by atoms with Crippen molar-refractivity contribution in [2.75, 3.05) is 78.6 Å². The first-order valence-corrected chi connectivity index (χ1v) is 11.7. The predicted octanol–water partition coefficient (Wildman–Crippen LogP) is 1.35. The van der Waals surface area contributed by atoms with E-state index in [4.69, 9.17) is 10.00 Å². The van der Waals surface area contributed by atoms with Crippen LogP contribution in [0.25, 0.3) is 0 Å². The summed E-state index contributed by atoms with van der Waals surface area (Å²) in [6.07, 6.45) is 1.22. The molecule has 4 rings (SSSR count). The van der Waals surface area contributed by atoms with E-state index < -0.39 is 0 Å². The second-order valence-electron chi connectivity index (χ2n) is 9.23. The second kappa shape index (κ2) is 10.4. The Morgan fingerprint density at radius 1 is 0.935 bits per heavy atom. The van der Waals surface area contributed by atoms with Gasteiger partial charge in [0.1, 0.15) is 12.4 Å². The molecule has 1 amide bonds. The minimum absolute atomic E-state index is 0.207. The summed E-state index contributed by atoms with van der Waals surface area (Å²) in [5.74, 6) is 2.65. The number of amides is 1. The Balaban J connectivity index is 1.08. The SMILES string of the molecule is CC(=O)N1CCN(CCCN2CC3CN(CCOc4ccc(C#N)cc4)CC3C2)CC1. The highest BCUT2D eigenvalue weighted by Crippen LogP contribution is 2.31. The van der Waals surface area contributed by atoms with Crippen molar-refractivity contribution in [1.82, 2.24) is 19.6 Å². The minimum atomic E-state index is 0.207. The third-order valence-electron chi connectivity index (χ3n) is 7.06. The highest BCUT2D eigenvalue weighted by Gasteiger charge is 2.39. The van der Waals surface area contributed by atoms with E-state index in [2.05, 4.69) is 20.8 Å². The number of rotatable bonds is 8. The summed E-state index contributed by atoms with van der Waals surface area (Å²) >= 11 is 0. The number of fused-ring (bicyclic) bond motifs is 1. The highest BCUT2D eigenvalue weighted by molar-refractivity contribution is 5.73. The normalized spacial score (nSPS) is 24.8. The van der Waals surface area contributed by atoms with Crippen LogP contribution in [-0.4, -0.2) is 104 Å². The van der Waals surface area contributed by atoms with E-state index in [9.17, 15) is 4.79 Å². The van der Waals surface area contributed by atoms with E-state index >= 15 is 0 Å². The zero-order valence-electron chi connectivity index (χ0n) is 18.7. The smallest absolute Gasteiger partial charge is 0.219 e. The van der Waals surface area contributed by atoms with Crippen LogP contribution < -0.4 is 4.74 Å². The molecule has 31 heavy (non-hydrogen) atoms. The number of likely N-dealkylation sites (tertiary alicyclic amines) is 2. The van der Waals surface area contributed by atoms with Gasteiger partial charge in [-0.1, -0.05) is 0 Å². The molecule has 7 nitrogen and oxygen atoms in total. The minimum Gasteiger partial charge on any atom is -0.492 e. The Morgan fingerprint density at radius 2 is 1.52 bits per heavy atom. The van der Waals surface area contributed by atoms with Crippen LogP contribution in [-0.2, 0) is 4.79 Å². The van der Waals surface area contributed by atoms with Crippen molar-refractivity contribution >= 4 is 5.91 Å². The number of nitriles is 1. The van der Waals surface area contributed by atoms with E-state index in [0.29, 0.717) is 12.2 Å². The number of nitrogens with zero attached hydrogens (tertiary/aromatic N) is 5. The number of piperazine rings is 1. The summed E-state index contributed by atoms with van der Waals surface area (Å²) in [6.45, 7) is 14.3. The van der Waals surface area contributed by atoms with Gasteiger partial charge in [-0.05, 0) is 55.6 Å². The molecular weight excluding hydrogens is 390 g/mol. The quantitative estimate of drug-likeness (QED) is 0.627. The van der Waals surface area contributed by atoms with Gasteiger partial charge in [0.25, 0.3) is 0 Å². The largest absolute Gasteiger partial charge is 0.492 e. The van der Waals surface area contributed by atoms with Crippen molar-refractivity contribution in [3.63, 3.8) is 0 Å². The van der Waals surface area contributed by atoms with Crippen LogP contribution in [0.4, 0.5) is 0 Å². The standard InChI is InChI=1S/C24H35N5O2/c1-20(30)29-11-9-26(10-12-29)7-2-8-27-16-22-18-28(19-23(22)17-27)13-14-31-24-5-3-21(15-25)4-6-24/h3-6,22-23H,2,7-14,16-19H2,1H3. The van der Waals surface area contributed by atoms with Crippen LogP contribution in [0.2, 0.25) is 0 Å². The van der Waals surface area contributed by atoms with Crippen molar-refractivity contribution in [2.45, 2.75) is 13.3 Å². The van der Waals surface area contributed by atoms with Gasteiger partial charge in [-0.2, -0.15) is 5.26 Å². The number of ether oxygens (including phenoxy) is 1. The first kappa shape index (κ1) is 22.1. The lowest BCUT2D eigenvalue weighted by Crippen LogP contribution is -2.48. The fourth-order valence-electron chi connectivity index (χ4n) is 5.28. The Morgan fingerprint density at radius 3 is 2.10 bits per heavy atom. The molecule has 7 heteroatoms. The molecular formula is C24H35N5O2. The van der Waals surface area contributed by atoms with Crippen LogP contribution in [0, 0.1) is 23.2 Å². The Labute approximate surface area is 186 Å². The Hall–Kier alpha value is -2.14. The summed E-state index contributed by atoms with van der Waals surface area (Å²) in [6, 6.07) is 9.48. The predicted molar refractivity (Wildman–Crippen MR) is 120 cm³/mol. The van der Waals surface area contributed by atoms with Gasteiger partial charge in [0.15, 0.2) is 0 Å². The number of benzene rings is 1. The van der Waals surface area contributed by atoms with Gasteiger partial charge in [-0.25, -0.2) is 0 Å². The van der Waals surface area contributed by atoms with E-state index in [1.54, 1.807) is 19.1 Å². The molecule has 0 saturated carbocycles. The Bertz CT molecular complexity index is 755. The summed E-state index contributed by atoms with van der Waals surface area (Å²) in [5.41, 5.74) is 0.667. The fourth-order valence-corrected chi connectivity index (χ4v) is 5.28. The molecule has 3 aliphatic rings. The van der Waals surface area contributed by atoms with Crippen LogP contribution in [0.1, 0.15) is 18.9 Å². The summed E-state index contributed by atoms with van der Waals surface area (Å²) < 4.78 is 5.85. The van der Waals surface area contributed by atoms with Gasteiger partial charge >= 0.3 is 0 Å². The maximum atomic E-state index is 11.4. The molecule has 3 saturated heterocycles. The molecule has 168 valence electrons. The van der Waals surface area contributed by atoms with Crippen LogP contribution in [0.15, 0.2) is 24.3 Å². The average molecular weight is 426 g/mol. The molecule has 0 bridgehead atoms. The molecule has 0 aromatic heterocycles. The topological polar surface area (TPSA) is 63.1 Å². The van der Waals surface area contributed by atoms with Crippen molar-refractivity contribution in [2.24, 2.45) is 11.8 Å². The van der Waals surface area contributed by atoms with Gasteiger partial charge in [0, 0.05) is 65.8 Å². The zero-order valence-corrected chi connectivity index (χ0v) is 18.7. The zero-order chi connectivity index (χ0) is 21.6. The van der Waals surface area contributed by atoms with E-state index in [1.165, 1.54) is 39.1 Å². The number of carbonyl (C=O) groups is 1. The molecule has 3 aliphatic heterocycles. The first-order chi connectivity index (χ1) is 15.1. The van der Waals surface area contributed by atoms with Crippen molar-refractivity contribution in [1.29, 1.82) is 5.26 Å². The van der Waals surface area contributed by atoms with Gasteiger partial charge in [-0.15, -0.1) is 0 Å². The molecule has 2 unspecified atom stereocenters. The van der Waals surface area contributed by atoms with Gasteiger partial charge in [-0.3, -0.25) is 14.6 Å². The van der Waals surface area contributed by atoms with E-state index in [0.717, 1.165) is 56.9 Å². The van der Waals surface area contributed by atoms with Crippen molar-refractivity contribution < 1.29 is 9.53 Å². The maximum Gasteiger partial charge on any atom is 0.219 e. The summed E-state index contributed by atoms with van der Waals surface area (Å²) in [5, 5.41) is 8.86. The molecule has 0 N–H and O–H groups in total. The van der Waals surface area contributed by atoms with Gasteiger partial charge in [0.2, 0.25) is 5.91 Å². The van der Waals surface area contributed by atoms with Gasteiger partial charge < -0.3 is 14.5 Å². The molecule has 1 aromatic carbocycles. The number of hydrogen-bond donors (Lipinski definition) is 0. The molecule has 0 aliphatic carbocycles. The lowest BCUT2D eigenvalue weighted by atomic mass is 10.0. The lowest BCUT2D eigenvalue weighted by Gasteiger charge is -2.34. The van der Waals surface area contributed by atoms with Gasteiger partial charge in [0.05, 0.1) is 11.6 Å². The fraction of sp³-hybridized carbons (Fsp3) is 0.667. The molecule has 0 radical (unpaired) electrons. The average Bonchev–Trinajstić information content (AvgIpc) is 3.33. The van der Waals surface area contributed by atoms with Crippen LogP contribution in [0.3, 0.4) is 0 Å². The third-order valence-corrected chi connectivity index (χ3v) is 7.06. The molecule has 1 aromatic rings. The maximum absolute atomic E-state index is 11.4. The monoisotopic (exact) mass is 425 g/mol. The van der Waals surface area contributed by atoms with Crippen molar-refractivity contribution in [3.8, 4) is 11.8 Å². The van der Waals surface area contributed by atoms with E-state index in [-0.39, 0.29) is 5.91 Å². The molecule has 3 fully saturated rings. The lowest BCUT2D eigenvalue weighted by molar-refractivity contribution is -0.130. The first-order valence-electron chi connectivity index (χ1n) is 11.7. The summed E-state index contributed by atoms with van der Waals surface area (Å²) in [4.78, 5) is 21.1. The second-order valence-corrected chi connectivity index (χ2v) is 9.23. The molecule has 3 heterocycles.